The molecule has 1 saturated heterocycles. The van der Waals surface area contributed by atoms with Gasteiger partial charge < -0.3 is 14.3 Å². The molecule has 7 heteroatoms. The highest BCUT2D eigenvalue weighted by Gasteiger charge is 2.21. The molecule has 1 aliphatic heterocycles. The van der Waals surface area contributed by atoms with E-state index in [0.29, 0.717) is 12.5 Å². The van der Waals surface area contributed by atoms with E-state index in [9.17, 15) is 4.79 Å². The highest BCUT2D eigenvalue weighted by molar-refractivity contribution is 5.00. The monoisotopic (exact) mass is 331 g/mol. The summed E-state index contributed by atoms with van der Waals surface area (Å²) in [5, 5.41) is 0. The third-order valence-corrected chi connectivity index (χ3v) is 4.29. The maximum absolute atomic E-state index is 11.4. The van der Waals surface area contributed by atoms with Gasteiger partial charge in [0, 0.05) is 49.7 Å². The van der Waals surface area contributed by atoms with Crippen LogP contribution in [0.4, 0.5) is 0 Å². The molecular weight excluding hydrogens is 306 g/mol. The fourth-order valence-corrected chi connectivity index (χ4v) is 3.17. The number of imidazole rings is 1. The predicted octanol–water partition coefficient (Wildman–Crippen LogP) is 1.07. The van der Waals surface area contributed by atoms with Crippen molar-refractivity contribution in [1.82, 2.24) is 24.4 Å². The van der Waals surface area contributed by atoms with E-state index in [-0.39, 0.29) is 5.56 Å². The first-order valence-electron chi connectivity index (χ1n) is 8.58. The van der Waals surface area contributed by atoms with Crippen molar-refractivity contribution in [2.75, 3.05) is 26.3 Å². The van der Waals surface area contributed by atoms with Crippen LogP contribution >= 0.6 is 0 Å². The summed E-state index contributed by atoms with van der Waals surface area (Å²) in [5.74, 6) is 1.43. The van der Waals surface area contributed by atoms with Gasteiger partial charge in [0.25, 0.3) is 5.56 Å². The van der Waals surface area contributed by atoms with Crippen LogP contribution in [0.3, 0.4) is 0 Å². The van der Waals surface area contributed by atoms with Gasteiger partial charge in [0.05, 0.1) is 26.1 Å². The highest BCUT2D eigenvalue weighted by atomic mass is 16.5. The summed E-state index contributed by atoms with van der Waals surface area (Å²) in [6.07, 6.45) is 7.24. The van der Waals surface area contributed by atoms with Gasteiger partial charge in [-0.3, -0.25) is 9.69 Å². The predicted molar refractivity (Wildman–Crippen MR) is 90.7 cm³/mol. The van der Waals surface area contributed by atoms with Gasteiger partial charge in [0.15, 0.2) is 0 Å². The molecule has 24 heavy (non-hydrogen) atoms. The van der Waals surface area contributed by atoms with Crippen molar-refractivity contribution in [2.24, 2.45) is 5.92 Å². The Hall–Kier alpha value is -1.99. The van der Waals surface area contributed by atoms with E-state index in [1.807, 2.05) is 12.4 Å². The average molecular weight is 331 g/mol. The summed E-state index contributed by atoms with van der Waals surface area (Å²) in [6, 6.07) is 1.57. The molecule has 1 N–H and O–H groups in total. The van der Waals surface area contributed by atoms with E-state index in [0.717, 1.165) is 57.1 Å². The standard InChI is InChI=1S/C17H25N5O2/c1-2-4-22-5-3-18-16(22)11-21-6-7-24-12-14(10-21)8-15-9-17(23)20-13-19-15/h3,5,9,13-14H,2,4,6-8,10-12H2,1H3,(H,19,20,23)/t14-/m0/s1. The molecule has 0 bridgehead atoms. The number of nitrogens with one attached hydrogen (secondary N) is 1. The van der Waals surface area contributed by atoms with Crippen LogP contribution in [0.1, 0.15) is 24.9 Å². The SMILES string of the molecule is CCCn1ccnc1CN1CCOC[C@@H](Cc2cc(=O)[nH]cn2)C1. The first-order chi connectivity index (χ1) is 11.7. The van der Waals surface area contributed by atoms with E-state index in [2.05, 4.69) is 31.3 Å². The lowest BCUT2D eigenvalue weighted by Crippen LogP contribution is -2.32. The molecule has 3 heterocycles. The van der Waals surface area contributed by atoms with Crippen LogP contribution in [-0.4, -0.2) is 50.7 Å². The summed E-state index contributed by atoms with van der Waals surface area (Å²) in [5.41, 5.74) is 0.717. The fraction of sp³-hybridized carbons (Fsp3) is 0.588. The molecule has 0 aliphatic carbocycles. The average Bonchev–Trinajstić information content (AvgIpc) is 2.86. The first-order valence-corrected chi connectivity index (χ1v) is 8.58. The van der Waals surface area contributed by atoms with Crippen molar-refractivity contribution in [2.45, 2.75) is 32.9 Å². The second-order valence-electron chi connectivity index (χ2n) is 6.32. The number of aromatic amines is 1. The number of rotatable bonds is 6. The summed E-state index contributed by atoms with van der Waals surface area (Å²) in [7, 11) is 0. The summed E-state index contributed by atoms with van der Waals surface area (Å²) < 4.78 is 7.98. The van der Waals surface area contributed by atoms with Crippen molar-refractivity contribution in [3.05, 3.63) is 46.7 Å². The number of hydrogen-bond donors (Lipinski definition) is 1. The molecule has 1 fully saturated rings. The van der Waals surface area contributed by atoms with Crippen LogP contribution in [0.25, 0.3) is 0 Å². The third-order valence-electron chi connectivity index (χ3n) is 4.29. The van der Waals surface area contributed by atoms with E-state index >= 15 is 0 Å². The Morgan fingerprint density at radius 2 is 2.33 bits per heavy atom. The van der Waals surface area contributed by atoms with E-state index in [1.54, 1.807) is 6.07 Å². The van der Waals surface area contributed by atoms with Crippen LogP contribution in [0.15, 0.2) is 29.6 Å². The van der Waals surface area contributed by atoms with Gasteiger partial charge in [-0.1, -0.05) is 6.92 Å². The lowest BCUT2D eigenvalue weighted by molar-refractivity contribution is 0.121. The topological polar surface area (TPSA) is 76.0 Å². The van der Waals surface area contributed by atoms with E-state index in [1.165, 1.54) is 6.33 Å². The molecule has 3 rings (SSSR count). The van der Waals surface area contributed by atoms with Crippen molar-refractivity contribution in [3.8, 4) is 0 Å². The molecule has 0 spiro atoms. The Labute approximate surface area is 141 Å². The zero-order valence-corrected chi connectivity index (χ0v) is 14.1. The van der Waals surface area contributed by atoms with Gasteiger partial charge in [0.1, 0.15) is 5.82 Å². The molecule has 0 unspecified atom stereocenters. The van der Waals surface area contributed by atoms with Gasteiger partial charge in [-0.05, 0) is 12.8 Å². The smallest absolute Gasteiger partial charge is 0.250 e. The normalized spacial score (nSPS) is 19.3. The maximum Gasteiger partial charge on any atom is 0.250 e. The van der Waals surface area contributed by atoms with Crippen LogP contribution in [0, 0.1) is 5.92 Å². The lowest BCUT2D eigenvalue weighted by Gasteiger charge is -2.23. The summed E-state index contributed by atoms with van der Waals surface area (Å²) >= 11 is 0. The van der Waals surface area contributed by atoms with Gasteiger partial charge in [-0.25, -0.2) is 9.97 Å². The molecule has 0 amide bonds. The molecular formula is C17H25N5O2. The second kappa shape index (κ2) is 8.21. The minimum absolute atomic E-state index is 0.104. The van der Waals surface area contributed by atoms with E-state index < -0.39 is 0 Å². The Morgan fingerprint density at radius 1 is 1.42 bits per heavy atom. The second-order valence-corrected chi connectivity index (χ2v) is 6.32. The zero-order chi connectivity index (χ0) is 16.8. The first kappa shape index (κ1) is 16.9. The molecule has 130 valence electrons. The quantitative estimate of drug-likeness (QED) is 0.857. The Balaban J connectivity index is 1.64. The number of aryl methyl sites for hydroxylation is 1. The zero-order valence-electron chi connectivity index (χ0n) is 14.1. The molecule has 7 nitrogen and oxygen atoms in total. The number of nitrogens with zero attached hydrogens (tertiary/aromatic N) is 4. The van der Waals surface area contributed by atoms with Crippen molar-refractivity contribution in [1.29, 1.82) is 0 Å². The van der Waals surface area contributed by atoms with Gasteiger partial charge in [-0.15, -0.1) is 0 Å². The Kier molecular flexibility index (Phi) is 5.77. The van der Waals surface area contributed by atoms with Crippen molar-refractivity contribution < 1.29 is 4.74 Å². The molecule has 0 saturated carbocycles. The molecule has 2 aromatic rings. The Bertz CT molecular complexity index is 696. The largest absolute Gasteiger partial charge is 0.380 e. The number of H-pyrrole nitrogens is 1. The molecule has 2 aromatic heterocycles. The minimum atomic E-state index is -0.104. The lowest BCUT2D eigenvalue weighted by atomic mass is 10.0. The van der Waals surface area contributed by atoms with Gasteiger partial charge in [-0.2, -0.15) is 0 Å². The van der Waals surface area contributed by atoms with Gasteiger partial charge in [0.2, 0.25) is 0 Å². The fourth-order valence-electron chi connectivity index (χ4n) is 3.17. The minimum Gasteiger partial charge on any atom is -0.380 e. The molecule has 0 radical (unpaired) electrons. The van der Waals surface area contributed by atoms with Crippen molar-refractivity contribution in [3.63, 3.8) is 0 Å². The summed E-state index contributed by atoms with van der Waals surface area (Å²) in [6.45, 7) is 7.26. The number of ether oxygens (including phenoxy) is 1. The highest BCUT2D eigenvalue weighted by Crippen LogP contribution is 2.14. The molecule has 0 aromatic carbocycles. The summed E-state index contributed by atoms with van der Waals surface area (Å²) in [4.78, 5) is 25.1. The third kappa shape index (κ3) is 4.52. The Morgan fingerprint density at radius 3 is 3.17 bits per heavy atom. The van der Waals surface area contributed by atoms with Crippen LogP contribution < -0.4 is 5.56 Å². The van der Waals surface area contributed by atoms with E-state index in [4.69, 9.17) is 4.74 Å². The maximum atomic E-state index is 11.4. The van der Waals surface area contributed by atoms with Gasteiger partial charge >= 0.3 is 0 Å². The van der Waals surface area contributed by atoms with Crippen LogP contribution in [0.5, 0.6) is 0 Å². The van der Waals surface area contributed by atoms with Crippen LogP contribution in [0.2, 0.25) is 0 Å². The number of hydrogen-bond acceptors (Lipinski definition) is 5. The number of aromatic nitrogens is 4. The molecule has 1 atom stereocenters. The van der Waals surface area contributed by atoms with Crippen molar-refractivity contribution >= 4 is 0 Å². The van der Waals surface area contributed by atoms with Crippen LogP contribution in [-0.2, 0) is 24.2 Å². The molecule has 1 aliphatic rings.